The molecule has 2 aromatic carbocycles. The van der Waals surface area contributed by atoms with Gasteiger partial charge in [0, 0.05) is 19.7 Å². The molecule has 92 valence electrons. The van der Waals surface area contributed by atoms with E-state index in [1.165, 1.54) is 6.92 Å². The molecule has 0 saturated carbocycles. The average Bonchev–Trinajstić information content (AvgIpc) is 2.39. The Labute approximate surface area is 107 Å². The number of anilines is 3. The lowest BCUT2D eigenvalue weighted by Crippen LogP contribution is -2.14. The Bertz CT molecular complexity index is 537. The van der Waals surface area contributed by atoms with E-state index in [4.69, 9.17) is 0 Å². The van der Waals surface area contributed by atoms with E-state index in [2.05, 4.69) is 5.32 Å². The molecule has 0 unspecified atom stereocenters. The van der Waals surface area contributed by atoms with Crippen molar-refractivity contribution in [1.29, 1.82) is 0 Å². The molecule has 0 aliphatic heterocycles. The summed E-state index contributed by atoms with van der Waals surface area (Å²) in [6, 6.07) is 17.8. The van der Waals surface area contributed by atoms with Crippen LogP contribution in [-0.4, -0.2) is 13.0 Å². The van der Waals surface area contributed by atoms with Gasteiger partial charge in [-0.3, -0.25) is 4.79 Å². The quantitative estimate of drug-likeness (QED) is 0.891. The van der Waals surface area contributed by atoms with E-state index < -0.39 is 0 Å². The number of nitrogens with zero attached hydrogens (tertiary/aromatic N) is 1. The second-order valence-corrected chi connectivity index (χ2v) is 4.09. The maximum atomic E-state index is 11.2. The minimum Gasteiger partial charge on any atom is -0.343 e. The highest BCUT2D eigenvalue weighted by molar-refractivity contribution is 5.93. The summed E-state index contributed by atoms with van der Waals surface area (Å²) in [5, 5.41) is 2.84. The molecule has 0 fully saturated rings. The lowest BCUT2D eigenvalue weighted by atomic mass is 10.2. The van der Waals surface area contributed by atoms with Crippen LogP contribution < -0.4 is 10.2 Å². The molecule has 0 aliphatic rings. The van der Waals surface area contributed by atoms with Crippen LogP contribution in [0.1, 0.15) is 6.92 Å². The third kappa shape index (κ3) is 2.69. The Kier molecular flexibility index (Phi) is 3.63. The van der Waals surface area contributed by atoms with Gasteiger partial charge in [0.25, 0.3) is 0 Å². The van der Waals surface area contributed by atoms with Gasteiger partial charge < -0.3 is 10.2 Å². The van der Waals surface area contributed by atoms with E-state index in [9.17, 15) is 4.79 Å². The number of para-hydroxylation sites is 3. The summed E-state index contributed by atoms with van der Waals surface area (Å²) in [5.74, 6) is -0.0658. The van der Waals surface area contributed by atoms with E-state index in [1.807, 2.05) is 66.5 Å². The number of amides is 1. The molecule has 2 rings (SSSR count). The highest BCUT2D eigenvalue weighted by atomic mass is 16.1. The van der Waals surface area contributed by atoms with Gasteiger partial charge in [-0.05, 0) is 24.3 Å². The molecule has 1 N–H and O–H groups in total. The average molecular weight is 240 g/mol. The first-order valence-electron chi connectivity index (χ1n) is 5.84. The van der Waals surface area contributed by atoms with E-state index in [1.54, 1.807) is 0 Å². The highest BCUT2D eigenvalue weighted by Gasteiger charge is 2.09. The predicted octanol–water partition coefficient (Wildman–Crippen LogP) is 3.41. The SMILES string of the molecule is CC(=O)Nc1ccccc1N(C)c1ccccc1. The highest BCUT2D eigenvalue weighted by Crippen LogP contribution is 2.30. The summed E-state index contributed by atoms with van der Waals surface area (Å²) in [6.45, 7) is 1.51. The molecule has 0 aliphatic carbocycles. The van der Waals surface area contributed by atoms with Gasteiger partial charge >= 0.3 is 0 Å². The maximum Gasteiger partial charge on any atom is 0.221 e. The first-order valence-corrected chi connectivity index (χ1v) is 5.84. The molecule has 0 atom stereocenters. The molecule has 18 heavy (non-hydrogen) atoms. The van der Waals surface area contributed by atoms with Gasteiger partial charge in [0.15, 0.2) is 0 Å². The number of carbonyl (C=O) groups is 1. The minimum absolute atomic E-state index is 0.0658. The minimum atomic E-state index is -0.0658. The van der Waals surface area contributed by atoms with Crippen molar-refractivity contribution in [2.24, 2.45) is 0 Å². The third-order valence-corrected chi connectivity index (χ3v) is 2.72. The molecule has 1 amide bonds. The number of hydrogen-bond donors (Lipinski definition) is 1. The van der Waals surface area contributed by atoms with E-state index >= 15 is 0 Å². The molecule has 0 aromatic heterocycles. The van der Waals surface area contributed by atoms with Gasteiger partial charge in [0.1, 0.15) is 0 Å². The van der Waals surface area contributed by atoms with Crippen molar-refractivity contribution in [3.05, 3.63) is 54.6 Å². The number of nitrogens with one attached hydrogen (secondary N) is 1. The van der Waals surface area contributed by atoms with Crippen LogP contribution in [0.4, 0.5) is 17.1 Å². The molecule has 2 aromatic rings. The van der Waals surface area contributed by atoms with E-state index in [-0.39, 0.29) is 5.91 Å². The van der Waals surface area contributed by atoms with Crippen molar-refractivity contribution in [3.8, 4) is 0 Å². The van der Waals surface area contributed by atoms with Crippen LogP contribution in [0.15, 0.2) is 54.6 Å². The van der Waals surface area contributed by atoms with Gasteiger partial charge in [-0.1, -0.05) is 30.3 Å². The topological polar surface area (TPSA) is 32.3 Å². The monoisotopic (exact) mass is 240 g/mol. The Morgan fingerprint density at radius 3 is 2.28 bits per heavy atom. The van der Waals surface area contributed by atoms with Crippen LogP contribution in [0, 0.1) is 0 Å². The molecule has 3 nitrogen and oxygen atoms in total. The van der Waals surface area contributed by atoms with E-state index in [0.29, 0.717) is 0 Å². The maximum absolute atomic E-state index is 11.2. The second kappa shape index (κ2) is 5.36. The summed E-state index contributed by atoms with van der Waals surface area (Å²) in [7, 11) is 1.98. The van der Waals surface area contributed by atoms with Crippen molar-refractivity contribution >= 4 is 23.0 Å². The van der Waals surface area contributed by atoms with Gasteiger partial charge in [-0.25, -0.2) is 0 Å². The van der Waals surface area contributed by atoms with Crippen LogP contribution in [0.2, 0.25) is 0 Å². The fourth-order valence-corrected chi connectivity index (χ4v) is 1.85. The largest absolute Gasteiger partial charge is 0.343 e. The van der Waals surface area contributed by atoms with Gasteiger partial charge in [0.2, 0.25) is 5.91 Å². The molecule has 0 heterocycles. The van der Waals surface area contributed by atoms with Crippen molar-refractivity contribution in [3.63, 3.8) is 0 Å². The van der Waals surface area contributed by atoms with Gasteiger partial charge in [0.05, 0.1) is 11.4 Å². The molecule has 3 heteroatoms. The first-order chi connectivity index (χ1) is 8.68. The molecular formula is C15H16N2O. The van der Waals surface area contributed by atoms with E-state index in [0.717, 1.165) is 17.1 Å². The summed E-state index contributed by atoms with van der Waals surface area (Å²) in [4.78, 5) is 13.2. The third-order valence-electron chi connectivity index (χ3n) is 2.72. The molecule has 0 saturated heterocycles. The molecule has 0 radical (unpaired) electrons. The van der Waals surface area contributed by atoms with Crippen molar-refractivity contribution in [2.75, 3.05) is 17.3 Å². The zero-order valence-electron chi connectivity index (χ0n) is 10.6. The zero-order valence-corrected chi connectivity index (χ0v) is 10.6. The number of hydrogen-bond acceptors (Lipinski definition) is 2. The second-order valence-electron chi connectivity index (χ2n) is 4.09. The standard InChI is InChI=1S/C15H16N2O/c1-12(18)16-14-10-6-7-11-15(14)17(2)13-8-4-3-5-9-13/h3-11H,1-2H3,(H,16,18). The lowest BCUT2D eigenvalue weighted by Gasteiger charge is -2.22. The lowest BCUT2D eigenvalue weighted by molar-refractivity contribution is -0.114. The normalized spacial score (nSPS) is 9.89. The van der Waals surface area contributed by atoms with Crippen molar-refractivity contribution in [1.82, 2.24) is 0 Å². The Balaban J connectivity index is 2.36. The fourth-order valence-electron chi connectivity index (χ4n) is 1.85. The van der Waals surface area contributed by atoms with Crippen LogP contribution in [0.3, 0.4) is 0 Å². The summed E-state index contributed by atoms with van der Waals surface area (Å²) in [6.07, 6.45) is 0. The van der Waals surface area contributed by atoms with Crippen molar-refractivity contribution < 1.29 is 4.79 Å². The van der Waals surface area contributed by atoms with Crippen molar-refractivity contribution in [2.45, 2.75) is 6.92 Å². The Morgan fingerprint density at radius 2 is 1.61 bits per heavy atom. The Morgan fingerprint density at radius 1 is 1.00 bits per heavy atom. The van der Waals surface area contributed by atoms with Gasteiger partial charge in [-0.15, -0.1) is 0 Å². The first kappa shape index (κ1) is 12.2. The molecular weight excluding hydrogens is 224 g/mol. The zero-order chi connectivity index (χ0) is 13.0. The molecule has 0 bridgehead atoms. The molecule has 0 spiro atoms. The summed E-state index contributed by atoms with van der Waals surface area (Å²) in [5.41, 5.74) is 2.87. The van der Waals surface area contributed by atoms with Crippen LogP contribution in [0.25, 0.3) is 0 Å². The van der Waals surface area contributed by atoms with Gasteiger partial charge in [-0.2, -0.15) is 0 Å². The number of carbonyl (C=O) groups excluding carboxylic acids is 1. The van der Waals surface area contributed by atoms with Crippen LogP contribution in [-0.2, 0) is 4.79 Å². The fraction of sp³-hybridized carbons (Fsp3) is 0.133. The number of rotatable bonds is 3. The van der Waals surface area contributed by atoms with Crippen LogP contribution >= 0.6 is 0 Å². The Hall–Kier alpha value is -2.29. The number of benzene rings is 2. The summed E-state index contributed by atoms with van der Waals surface area (Å²) < 4.78 is 0. The van der Waals surface area contributed by atoms with Crippen LogP contribution in [0.5, 0.6) is 0 Å². The summed E-state index contributed by atoms with van der Waals surface area (Å²) >= 11 is 0. The predicted molar refractivity (Wildman–Crippen MR) is 75.3 cm³/mol. The smallest absolute Gasteiger partial charge is 0.221 e.